The minimum Gasteiger partial charge on any atom is -0.485 e. The zero-order valence-electron chi connectivity index (χ0n) is 16.0. The summed E-state index contributed by atoms with van der Waals surface area (Å²) >= 11 is 5.72. The van der Waals surface area contributed by atoms with E-state index in [1.807, 2.05) is 4.90 Å². The third kappa shape index (κ3) is 4.23. The number of carbonyl (C=O) groups is 3. The molecule has 156 valence electrons. The molecular weight excluding hydrogens is 413 g/mol. The third-order valence-electron chi connectivity index (χ3n) is 5.13. The summed E-state index contributed by atoms with van der Waals surface area (Å²) in [6, 6.07) is 9.53. The smallest absolute Gasteiger partial charge is 0.313 e. The summed E-state index contributed by atoms with van der Waals surface area (Å²) in [5, 5.41) is 2.64. The molecule has 0 unspecified atom stereocenters. The van der Waals surface area contributed by atoms with Crippen LogP contribution in [-0.2, 0) is 20.8 Å². The van der Waals surface area contributed by atoms with Crippen molar-refractivity contribution in [1.82, 2.24) is 4.90 Å². The van der Waals surface area contributed by atoms with Crippen molar-refractivity contribution in [3.05, 3.63) is 52.8 Å². The average Bonchev–Trinajstić information content (AvgIpc) is 2.75. The highest BCUT2D eigenvalue weighted by molar-refractivity contribution is 6.39. The number of hydrogen-bond donors (Lipinski definition) is 1. The van der Waals surface area contributed by atoms with Crippen molar-refractivity contribution in [2.45, 2.75) is 6.42 Å². The number of fused-ring (bicyclic) bond motifs is 1. The molecule has 0 atom stereocenters. The van der Waals surface area contributed by atoms with E-state index in [0.717, 1.165) is 5.56 Å². The molecule has 2 aromatic rings. The van der Waals surface area contributed by atoms with E-state index >= 15 is 0 Å². The van der Waals surface area contributed by atoms with E-state index in [2.05, 4.69) is 5.32 Å². The Labute approximate surface area is 177 Å². The minimum atomic E-state index is -0.743. The van der Waals surface area contributed by atoms with Gasteiger partial charge in [0.1, 0.15) is 18.2 Å². The van der Waals surface area contributed by atoms with Gasteiger partial charge in [-0.1, -0.05) is 17.7 Å². The molecule has 9 heteroatoms. The normalized spacial score (nSPS) is 16.0. The number of rotatable bonds is 2. The fourth-order valence-electron chi connectivity index (χ4n) is 3.51. The number of ketones is 1. The summed E-state index contributed by atoms with van der Waals surface area (Å²) in [7, 11) is 0. The number of benzene rings is 2. The summed E-state index contributed by atoms with van der Waals surface area (Å²) in [6.45, 7) is 1.63. The summed E-state index contributed by atoms with van der Waals surface area (Å²) in [5.41, 5.74) is 1.86. The van der Waals surface area contributed by atoms with Crippen LogP contribution >= 0.6 is 11.6 Å². The van der Waals surface area contributed by atoms with Crippen LogP contribution < -0.4 is 15.0 Å². The van der Waals surface area contributed by atoms with Gasteiger partial charge in [-0.2, -0.15) is 0 Å². The van der Waals surface area contributed by atoms with E-state index in [0.29, 0.717) is 49.7 Å². The van der Waals surface area contributed by atoms with Gasteiger partial charge < -0.3 is 19.9 Å². The number of amides is 2. The minimum absolute atomic E-state index is 0.00468. The molecule has 1 saturated heterocycles. The molecular formula is C21H19ClFN3O4. The first-order valence-electron chi connectivity index (χ1n) is 9.48. The van der Waals surface area contributed by atoms with E-state index in [1.165, 1.54) is 17.0 Å². The highest BCUT2D eigenvalue weighted by Gasteiger charge is 2.27. The summed E-state index contributed by atoms with van der Waals surface area (Å²) < 4.78 is 19.0. The van der Waals surface area contributed by atoms with Gasteiger partial charge in [0, 0.05) is 55.6 Å². The predicted molar refractivity (Wildman–Crippen MR) is 109 cm³/mol. The topological polar surface area (TPSA) is 78.9 Å². The zero-order valence-corrected chi connectivity index (χ0v) is 16.7. The number of ether oxygens (including phenoxy) is 1. The van der Waals surface area contributed by atoms with E-state index in [1.54, 1.807) is 24.3 Å². The second-order valence-electron chi connectivity index (χ2n) is 7.16. The van der Waals surface area contributed by atoms with Crippen LogP contribution in [0.15, 0.2) is 36.4 Å². The van der Waals surface area contributed by atoms with Crippen LogP contribution in [0.2, 0.25) is 5.02 Å². The maximum Gasteiger partial charge on any atom is 0.313 e. The van der Waals surface area contributed by atoms with Crippen molar-refractivity contribution in [2.75, 3.05) is 43.0 Å². The van der Waals surface area contributed by atoms with Crippen LogP contribution in [0.3, 0.4) is 0 Å². The van der Waals surface area contributed by atoms with Crippen molar-refractivity contribution in [3.63, 3.8) is 0 Å². The number of piperazine rings is 1. The Balaban J connectivity index is 1.34. The van der Waals surface area contributed by atoms with Gasteiger partial charge in [0.05, 0.1) is 5.02 Å². The molecule has 4 rings (SSSR count). The first kappa shape index (κ1) is 20.2. The first-order chi connectivity index (χ1) is 14.4. The van der Waals surface area contributed by atoms with Gasteiger partial charge in [-0.15, -0.1) is 0 Å². The lowest BCUT2D eigenvalue weighted by molar-refractivity contribution is -0.143. The van der Waals surface area contributed by atoms with Crippen molar-refractivity contribution in [2.24, 2.45) is 0 Å². The average molecular weight is 432 g/mol. The number of hydrogen-bond acceptors (Lipinski definition) is 5. The van der Waals surface area contributed by atoms with Crippen molar-refractivity contribution < 1.29 is 23.5 Å². The lowest BCUT2D eigenvalue weighted by Crippen LogP contribution is -2.51. The van der Waals surface area contributed by atoms with Gasteiger partial charge in [-0.25, -0.2) is 4.39 Å². The molecule has 30 heavy (non-hydrogen) atoms. The molecule has 0 saturated carbocycles. The number of Topliss-reactive ketones (excluding diaryl/α,β-unsaturated/α-hetero) is 1. The van der Waals surface area contributed by atoms with E-state index < -0.39 is 17.6 Å². The second kappa shape index (κ2) is 8.31. The Kier molecular flexibility index (Phi) is 5.59. The van der Waals surface area contributed by atoms with E-state index in [4.69, 9.17) is 16.3 Å². The maximum atomic E-state index is 13.7. The molecule has 0 aliphatic carbocycles. The lowest BCUT2D eigenvalue weighted by atomic mass is 10.1. The summed E-state index contributed by atoms with van der Waals surface area (Å²) in [6.07, 6.45) is 0.296. The standard InChI is InChI=1S/C21H19ClFN3O4/c22-17-4-3-15(11-18(17)23)25-5-7-26(8-6-25)21(29)20(28)24-14-2-1-13-9-16(27)12-30-19(13)10-14/h1-4,10-11H,5-9,12H2,(H,24,28). The maximum absolute atomic E-state index is 13.7. The Morgan fingerprint density at radius 1 is 1.07 bits per heavy atom. The summed E-state index contributed by atoms with van der Waals surface area (Å²) in [5.74, 6) is -1.34. The van der Waals surface area contributed by atoms with Crippen LogP contribution in [0.25, 0.3) is 0 Å². The Morgan fingerprint density at radius 3 is 2.57 bits per heavy atom. The van der Waals surface area contributed by atoms with Crippen molar-refractivity contribution in [3.8, 4) is 5.75 Å². The lowest BCUT2D eigenvalue weighted by Gasteiger charge is -2.35. The highest BCUT2D eigenvalue weighted by Crippen LogP contribution is 2.27. The molecule has 0 bridgehead atoms. The number of nitrogens with one attached hydrogen (secondary N) is 1. The molecule has 2 heterocycles. The van der Waals surface area contributed by atoms with Crippen molar-refractivity contribution in [1.29, 1.82) is 0 Å². The largest absolute Gasteiger partial charge is 0.485 e. The SMILES string of the molecule is O=C1COc2cc(NC(=O)C(=O)N3CCN(c4ccc(Cl)c(F)c4)CC3)ccc2C1. The van der Waals surface area contributed by atoms with Gasteiger partial charge in [-0.05, 0) is 24.3 Å². The van der Waals surface area contributed by atoms with Crippen molar-refractivity contribution >= 4 is 40.6 Å². The molecule has 7 nitrogen and oxygen atoms in total. The molecule has 2 aliphatic rings. The van der Waals surface area contributed by atoms with Gasteiger partial charge in [-0.3, -0.25) is 14.4 Å². The van der Waals surface area contributed by atoms with Crippen LogP contribution in [0.1, 0.15) is 5.56 Å². The number of nitrogens with zero attached hydrogens (tertiary/aromatic N) is 2. The van der Waals surface area contributed by atoms with Crippen LogP contribution in [0.4, 0.5) is 15.8 Å². The number of anilines is 2. The molecule has 0 radical (unpaired) electrons. The quantitative estimate of drug-likeness (QED) is 0.738. The van der Waals surface area contributed by atoms with Crippen LogP contribution in [0.5, 0.6) is 5.75 Å². The third-order valence-corrected chi connectivity index (χ3v) is 5.44. The van der Waals surface area contributed by atoms with Gasteiger partial charge in [0.2, 0.25) is 0 Å². The first-order valence-corrected chi connectivity index (χ1v) is 9.86. The number of halogens is 2. The van der Waals surface area contributed by atoms with Crippen LogP contribution in [0, 0.1) is 5.82 Å². The molecule has 1 fully saturated rings. The summed E-state index contributed by atoms with van der Waals surface area (Å²) in [4.78, 5) is 39.7. The Bertz CT molecular complexity index is 1020. The van der Waals surface area contributed by atoms with Gasteiger partial charge in [0.15, 0.2) is 5.78 Å². The fourth-order valence-corrected chi connectivity index (χ4v) is 3.63. The van der Waals surface area contributed by atoms with E-state index in [-0.39, 0.29) is 17.4 Å². The highest BCUT2D eigenvalue weighted by atomic mass is 35.5. The number of carbonyl (C=O) groups excluding carboxylic acids is 3. The van der Waals surface area contributed by atoms with E-state index in [9.17, 15) is 18.8 Å². The van der Waals surface area contributed by atoms with Gasteiger partial charge in [0.25, 0.3) is 0 Å². The zero-order chi connectivity index (χ0) is 21.3. The molecule has 2 aromatic carbocycles. The second-order valence-corrected chi connectivity index (χ2v) is 7.57. The van der Waals surface area contributed by atoms with Gasteiger partial charge >= 0.3 is 11.8 Å². The predicted octanol–water partition coefficient (Wildman–Crippen LogP) is 2.27. The Hall–Kier alpha value is -3.13. The molecule has 1 N–H and O–H groups in total. The molecule has 2 amide bonds. The van der Waals surface area contributed by atoms with Crippen LogP contribution in [-0.4, -0.2) is 55.3 Å². The Morgan fingerprint density at radius 2 is 1.83 bits per heavy atom. The molecule has 0 aromatic heterocycles. The monoisotopic (exact) mass is 431 g/mol. The fraction of sp³-hybridized carbons (Fsp3) is 0.286. The molecule has 2 aliphatic heterocycles. The molecule has 0 spiro atoms.